The number of hydrogen-bond acceptors (Lipinski definition) is 6. The van der Waals surface area contributed by atoms with E-state index in [1.807, 2.05) is 6.92 Å². The first-order valence-corrected chi connectivity index (χ1v) is 12.3. The van der Waals surface area contributed by atoms with Gasteiger partial charge in [0, 0.05) is 43.4 Å². The van der Waals surface area contributed by atoms with Crippen molar-refractivity contribution in [1.82, 2.24) is 4.98 Å². The number of nitrogens with one attached hydrogen (secondary N) is 1. The van der Waals surface area contributed by atoms with E-state index in [0.29, 0.717) is 31.5 Å². The lowest BCUT2D eigenvalue weighted by molar-refractivity contribution is -0.130. The van der Waals surface area contributed by atoms with E-state index >= 15 is 0 Å². The molecule has 3 atom stereocenters. The summed E-state index contributed by atoms with van der Waals surface area (Å²) >= 11 is 0. The SMILES string of the molecule is CCC1(COC)CN(c2nc(C(=O)Nc3cc(F)c(OC4CC5C[C@H]5C4)c(F)c3)c(CC(F)(F)F)o2)C1. The molecule has 2 aliphatic carbocycles. The number of benzene rings is 1. The molecule has 0 spiro atoms. The number of halogens is 5. The number of hydrogen-bond donors (Lipinski definition) is 1. The third kappa shape index (κ3) is 5.39. The maximum Gasteiger partial charge on any atom is 0.396 e. The molecule has 1 aromatic heterocycles. The molecule has 2 unspecified atom stereocenters. The van der Waals surface area contributed by atoms with E-state index in [4.69, 9.17) is 13.9 Å². The van der Waals surface area contributed by atoms with Crippen LogP contribution >= 0.6 is 0 Å². The molecule has 1 saturated heterocycles. The number of anilines is 2. The van der Waals surface area contributed by atoms with Gasteiger partial charge in [-0.15, -0.1) is 0 Å². The van der Waals surface area contributed by atoms with Gasteiger partial charge in [0.25, 0.3) is 11.9 Å². The second-order valence-corrected chi connectivity index (χ2v) is 10.4. The number of carbonyl (C=O) groups is 1. The minimum absolute atomic E-state index is 0.125. The van der Waals surface area contributed by atoms with Crippen LogP contribution in [0.3, 0.4) is 0 Å². The molecular formula is C25H28F5N3O4. The maximum absolute atomic E-state index is 14.6. The molecule has 0 bridgehead atoms. The van der Waals surface area contributed by atoms with Gasteiger partial charge in [0.2, 0.25) is 0 Å². The molecule has 1 aromatic carbocycles. The number of alkyl halides is 3. The van der Waals surface area contributed by atoms with Crippen molar-refractivity contribution in [2.75, 3.05) is 37.0 Å². The van der Waals surface area contributed by atoms with Gasteiger partial charge >= 0.3 is 6.18 Å². The quantitative estimate of drug-likeness (QED) is 0.442. The fourth-order valence-electron chi connectivity index (χ4n) is 5.43. The molecule has 1 amide bonds. The third-order valence-corrected chi connectivity index (χ3v) is 7.53. The predicted octanol–water partition coefficient (Wildman–Crippen LogP) is 5.35. The van der Waals surface area contributed by atoms with E-state index < -0.39 is 47.3 Å². The number of carbonyl (C=O) groups excluding carboxylic acids is 1. The van der Waals surface area contributed by atoms with Crippen LogP contribution in [0.25, 0.3) is 0 Å². The van der Waals surface area contributed by atoms with E-state index in [2.05, 4.69) is 10.3 Å². The summed E-state index contributed by atoms with van der Waals surface area (Å²) < 4.78 is 84.9. The van der Waals surface area contributed by atoms with Gasteiger partial charge in [-0.3, -0.25) is 4.79 Å². The summed E-state index contributed by atoms with van der Waals surface area (Å²) in [7, 11) is 1.57. The second kappa shape index (κ2) is 9.45. The minimum Gasteiger partial charge on any atom is -0.484 e. The molecule has 12 heteroatoms. The molecule has 0 radical (unpaired) electrons. The number of rotatable bonds is 9. The molecule has 1 aliphatic heterocycles. The van der Waals surface area contributed by atoms with E-state index in [1.54, 1.807) is 12.0 Å². The van der Waals surface area contributed by atoms with Crippen molar-refractivity contribution >= 4 is 17.6 Å². The van der Waals surface area contributed by atoms with Crippen LogP contribution in [0, 0.1) is 28.9 Å². The molecule has 3 aliphatic rings. The summed E-state index contributed by atoms with van der Waals surface area (Å²) in [6.45, 7) is 3.31. The van der Waals surface area contributed by atoms with Crippen molar-refractivity contribution in [2.45, 2.75) is 51.3 Å². The van der Waals surface area contributed by atoms with Crippen LogP contribution in [0.4, 0.5) is 33.7 Å². The summed E-state index contributed by atoms with van der Waals surface area (Å²) in [5, 5.41) is 2.23. The number of amides is 1. The lowest BCUT2D eigenvalue weighted by atomic mass is 9.78. The Morgan fingerprint density at radius 1 is 1.19 bits per heavy atom. The first-order valence-electron chi connectivity index (χ1n) is 12.3. The van der Waals surface area contributed by atoms with Gasteiger partial charge in [-0.05, 0) is 37.5 Å². The van der Waals surface area contributed by atoms with Crippen LogP contribution in [0.2, 0.25) is 0 Å². The van der Waals surface area contributed by atoms with Gasteiger partial charge < -0.3 is 24.1 Å². The molecule has 1 N–H and O–H groups in total. The third-order valence-electron chi connectivity index (χ3n) is 7.53. The zero-order valence-corrected chi connectivity index (χ0v) is 20.5. The Balaban J connectivity index is 1.32. The summed E-state index contributed by atoms with van der Waals surface area (Å²) in [5.74, 6) is -3.19. The summed E-state index contributed by atoms with van der Waals surface area (Å²) in [5.41, 5.74) is -1.06. The molecule has 2 aromatic rings. The Kier molecular flexibility index (Phi) is 6.57. The standard InChI is InChI=1S/C25H28F5N3O4/c1-3-24(12-35-2)10-33(11-24)23-32-20(19(37-23)9-25(28,29)30)22(34)31-15-7-17(26)21(18(27)8-15)36-16-5-13-4-14(13)6-16/h7-8,13-14,16H,3-6,9-12H2,1-2H3,(H,31,34)/t13-,14?,16?/m0/s1. The largest absolute Gasteiger partial charge is 0.484 e. The van der Waals surface area contributed by atoms with Crippen molar-refractivity contribution < 1.29 is 40.6 Å². The fraction of sp³-hybridized carbons (Fsp3) is 0.600. The van der Waals surface area contributed by atoms with Crippen LogP contribution in [-0.4, -0.2) is 50.0 Å². The number of methoxy groups -OCH3 is 1. The average Bonchev–Trinajstić information content (AvgIpc) is 3.19. The number of oxazole rings is 1. The zero-order chi connectivity index (χ0) is 26.5. The van der Waals surface area contributed by atoms with E-state index in [1.165, 1.54) is 0 Å². The Labute approximate surface area is 210 Å². The lowest BCUT2D eigenvalue weighted by Gasteiger charge is -2.48. The van der Waals surface area contributed by atoms with E-state index in [-0.39, 0.29) is 23.2 Å². The maximum atomic E-state index is 14.6. The van der Waals surface area contributed by atoms with Gasteiger partial charge in [-0.2, -0.15) is 18.2 Å². The van der Waals surface area contributed by atoms with Crippen molar-refractivity contribution in [3.05, 3.63) is 35.2 Å². The topological polar surface area (TPSA) is 76.8 Å². The molecule has 202 valence electrons. The van der Waals surface area contributed by atoms with Crippen LogP contribution < -0.4 is 15.0 Å². The van der Waals surface area contributed by atoms with Gasteiger partial charge in [0.1, 0.15) is 12.2 Å². The smallest absolute Gasteiger partial charge is 0.396 e. The highest BCUT2D eigenvalue weighted by molar-refractivity contribution is 6.03. The summed E-state index contributed by atoms with van der Waals surface area (Å²) in [4.78, 5) is 18.5. The Morgan fingerprint density at radius 2 is 1.84 bits per heavy atom. The first-order chi connectivity index (χ1) is 17.5. The van der Waals surface area contributed by atoms with Crippen LogP contribution in [0.1, 0.15) is 48.9 Å². The number of ether oxygens (including phenoxy) is 2. The highest BCUT2D eigenvalue weighted by atomic mass is 19.4. The number of nitrogens with zero attached hydrogens (tertiary/aromatic N) is 2. The fourth-order valence-corrected chi connectivity index (χ4v) is 5.43. The predicted molar refractivity (Wildman–Crippen MR) is 123 cm³/mol. The average molecular weight is 530 g/mol. The summed E-state index contributed by atoms with van der Waals surface area (Å²) in [6.07, 6.45) is -3.04. The van der Waals surface area contributed by atoms with E-state index in [0.717, 1.165) is 37.8 Å². The molecule has 2 saturated carbocycles. The normalized spacial score (nSPS) is 24.0. The van der Waals surface area contributed by atoms with Crippen LogP contribution in [0.15, 0.2) is 16.5 Å². The van der Waals surface area contributed by atoms with Crippen molar-refractivity contribution in [2.24, 2.45) is 17.3 Å². The Bertz CT molecular complexity index is 1140. The highest BCUT2D eigenvalue weighted by Crippen LogP contribution is 2.52. The van der Waals surface area contributed by atoms with Crippen molar-refractivity contribution in [3.63, 3.8) is 0 Å². The molecule has 2 heterocycles. The first kappa shape index (κ1) is 25.7. The highest BCUT2D eigenvalue weighted by Gasteiger charge is 2.47. The lowest BCUT2D eigenvalue weighted by Crippen LogP contribution is -2.58. The second-order valence-electron chi connectivity index (χ2n) is 10.4. The molecule has 37 heavy (non-hydrogen) atoms. The van der Waals surface area contributed by atoms with Crippen molar-refractivity contribution in [3.8, 4) is 5.75 Å². The minimum atomic E-state index is -4.66. The molecular weight excluding hydrogens is 501 g/mol. The zero-order valence-electron chi connectivity index (χ0n) is 20.5. The van der Waals surface area contributed by atoms with Crippen LogP contribution in [-0.2, 0) is 11.2 Å². The molecule has 5 rings (SSSR count). The molecule has 3 fully saturated rings. The molecule has 7 nitrogen and oxygen atoms in total. The number of fused-ring (bicyclic) bond motifs is 1. The Morgan fingerprint density at radius 3 is 2.41 bits per heavy atom. The van der Waals surface area contributed by atoms with Crippen LogP contribution in [0.5, 0.6) is 5.75 Å². The van der Waals surface area contributed by atoms with Gasteiger partial charge in [-0.25, -0.2) is 8.78 Å². The Hall–Kier alpha value is -2.89. The van der Waals surface area contributed by atoms with E-state index in [9.17, 15) is 26.7 Å². The summed E-state index contributed by atoms with van der Waals surface area (Å²) in [6, 6.07) is 1.61. The van der Waals surface area contributed by atoms with Crippen molar-refractivity contribution in [1.29, 1.82) is 0 Å². The van der Waals surface area contributed by atoms with Gasteiger partial charge in [-0.1, -0.05) is 6.92 Å². The van der Waals surface area contributed by atoms with Gasteiger partial charge in [0.15, 0.2) is 23.1 Å². The number of aromatic nitrogens is 1. The van der Waals surface area contributed by atoms with Gasteiger partial charge in [0.05, 0.1) is 12.7 Å². The monoisotopic (exact) mass is 529 g/mol.